The summed E-state index contributed by atoms with van der Waals surface area (Å²) in [6.45, 7) is 0. The average Bonchev–Trinajstić information content (AvgIpc) is 2.85. The summed E-state index contributed by atoms with van der Waals surface area (Å²) in [5.41, 5.74) is 2.14. The van der Waals surface area contributed by atoms with Crippen LogP contribution in [-0.2, 0) is 12.8 Å². The van der Waals surface area contributed by atoms with Gasteiger partial charge in [0.05, 0.1) is 12.2 Å². The molecule has 1 aliphatic carbocycles. The van der Waals surface area contributed by atoms with Crippen LogP contribution in [0.25, 0.3) is 0 Å². The van der Waals surface area contributed by atoms with Crippen molar-refractivity contribution in [1.29, 1.82) is 0 Å². The molecule has 0 spiro atoms. The average molecular weight is 276 g/mol. The minimum absolute atomic E-state index is 0.0707. The van der Waals surface area contributed by atoms with E-state index in [1.807, 2.05) is 18.4 Å². The Kier molecular flexibility index (Phi) is 3.62. The molecule has 0 bridgehead atoms. The van der Waals surface area contributed by atoms with Gasteiger partial charge in [0.15, 0.2) is 0 Å². The van der Waals surface area contributed by atoms with Crippen LogP contribution in [0.15, 0.2) is 24.5 Å². The first-order valence-electron chi connectivity index (χ1n) is 6.67. The Balaban J connectivity index is 1.98. The molecule has 2 aromatic heterocycles. The van der Waals surface area contributed by atoms with Crippen molar-refractivity contribution in [2.24, 2.45) is 0 Å². The second-order valence-electron chi connectivity index (χ2n) is 4.92. The van der Waals surface area contributed by atoms with Crippen LogP contribution in [-0.4, -0.2) is 12.0 Å². The minimum Gasteiger partial charge on any atom is -0.309 e. The maximum Gasteiger partial charge on any atom is 0.146 e. The Morgan fingerprint density at radius 1 is 1.37 bits per heavy atom. The highest BCUT2D eigenvalue weighted by Gasteiger charge is 2.21. The van der Waals surface area contributed by atoms with Gasteiger partial charge in [-0.3, -0.25) is 4.98 Å². The molecule has 19 heavy (non-hydrogen) atoms. The fraction of sp³-hybridized carbons (Fsp3) is 0.400. The largest absolute Gasteiger partial charge is 0.309 e. The normalized spacial score (nSPS) is 16.1. The van der Waals surface area contributed by atoms with Gasteiger partial charge in [0.25, 0.3) is 0 Å². The number of thiophene rings is 1. The van der Waals surface area contributed by atoms with Crippen molar-refractivity contribution in [2.45, 2.75) is 31.7 Å². The van der Waals surface area contributed by atoms with Gasteiger partial charge in [0, 0.05) is 21.5 Å². The van der Waals surface area contributed by atoms with Crippen molar-refractivity contribution in [3.05, 3.63) is 51.2 Å². The maximum atomic E-state index is 13.9. The summed E-state index contributed by atoms with van der Waals surface area (Å²) in [7, 11) is 1.88. The lowest BCUT2D eigenvalue weighted by Crippen LogP contribution is -2.18. The number of aromatic nitrogens is 1. The van der Waals surface area contributed by atoms with Crippen LogP contribution >= 0.6 is 11.3 Å². The van der Waals surface area contributed by atoms with Crippen molar-refractivity contribution < 1.29 is 4.39 Å². The first kappa shape index (κ1) is 12.8. The molecular formula is C15H17FN2S. The first-order valence-corrected chi connectivity index (χ1v) is 7.49. The molecule has 1 N–H and O–H groups in total. The molecule has 0 aromatic carbocycles. The molecule has 1 aliphatic rings. The Morgan fingerprint density at radius 2 is 2.21 bits per heavy atom. The summed E-state index contributed by atoms with van der Waals surface area (Å²) in [5, 5.41) is 3.23. The van der Waals surface area contributed by atoms with Gasteiger partial charge in [0.2, 0.25) is 0 Å². The third-order valence-corrected chi connectivity index (χ3v) is 5.01. The Labute approximate surface area is 116 Å². The molecule has 0 saturated heterocycles. The van der Waals surface area contributed by atoms with Crippen LogP contribution in [0.1, 0.15) is 39.8 Å². The van der Waals surface area contributed by atoms with Gasteiger partial charge < -0.3 is 5.32 Å². The number of hydrogen-bond donors (Lipinski definition) is 1. The van der Waals surface area contributed by atoms with Crippen molar-refractivity contribution >= 4 is 11.3 Å². The first-order chi connectivity index (χ1) is 9.29. The Bertz CT molecular complexity index is 556. The molecule has 2 nitrogen and oxygen atoms in total. The van der Waals surface area contributed by atoms with Crippen LogP contribution in [0.3, 0.4) is 0 Å². The molecule has 3 rings (SSSR count). The van der Waals surface area contributed by atoms with Gasteiger partial charge in [-0.2, -0.15) is 0 Å². The van der Waals surface area contributed by atoms with Crippen LogP contribution in [0.4, 0.5) is 4.39 Å². The lowest BCUT2D eigenvalue weighted by molar-refractivity contribution is 0.573. The smallest absolute Gasteiger partial charge is 0.146 e. The van der Waals surface area contributed by atoms with Gasteiger partial charge in [-0.25, -0.2) is 4.39 Å². The minimum atomic E-state index is -0.242. The van der Waals surface area contributed by atoms with E-state index in [4.69, 9.17) is 0 Å². The summed E-state index contributed by atoms with van der Waals surface area (Å²) >= 11 is 1.82. The van der Waals surface area contributed by atoms with E-state index in [0.29, 0.717) is 5.56 Å². The molecule has 0 saturated carbocycles. The quantitative estimate of drug-likeness (QED) is 0.928. The van der Waals surface area contributed by atoms with E-state index < -0.39 is 0 Å². The molecule has 0 aliphatic heterocycles. The number of nitrogens with one attached hydrogen (secondary N) is 1. The van der Waals surface area contributed by atoms with E-state index in [-0.39, 0.29) is 11.9 Å². The number of fused-ring (bicyclic) bond motifs is 1. The molecule has 100 valence electrons. The fourth-order valence-electron chi connectivity index (χ4n) is 2.73. The second-order valence-corrected chi connectivity index (χ2v) is 6.09. The van der Waals surface area contributed by atoms with Crippen molar-refractivity contribution in [3.63, 3.8) is 0 Å². The van der Waals surface area contributed by atoms with Gasteiger partial charge >= 0.3 is 0 Å². The van der Waals surface area contributed by atoms with Crippen molar-refractivity contribution in [1.82, 2.24) is 10.3 Å². The summed E-state index contributed by atoms with van der Waals surface area (Å²) in [6, 6.07) is 3.94. The van der Waals surface area contributed by atoms with Crippen LogP contribution in [0, 0.1) is 5.82 Å². The zero-order chi connectivity index (χ0) is 13.2. The molecule has 2 heterocycles. The van der Waals surface area contributed by atoms with Crippen LogP contribution < -0.4 is 5.32 Å². The Hall–Kier alpha value is -1.26. The SMILES string of the molecule is CNC(c1cc2c(s1)CCCC2)c1ccncc1F. The molecule has 4 heteroatoms. The maximum absolute atomic E-state index is 13.9. The van der Waals surface area contributed by atoms with Crippen LogP contribution in [0.2, 0.25) is 0 Å². The standard InChI is InChI=1S/C15H17FN2S/c1-17-15(11-6-7-18-9-12(11)16)14-8-10-4-2-3-5-13(10)19-14/h6-9,15,17H,2-5H2,1H3. The van der Waals surface area contributed by atoms with Crippen molar-refractivity contribution in [2.75, 3.05) is 7.05 Å². The molecule has 2 aromatic rings. The lowest BCUT2D eigenvalue weighted by atomic mass is 9.98. The van der Waals surface area contributed by atoms with E-state index in [1.165, 1.54) is 47.2 Å². The number of nitrogens with zero attached hydrogens (tertiary/aromatic N) is 1. The second kappa shape index (κ2) is 5.39. The monoisotopic (exact) mass is 276 g/mol. The number of pyridine rings is 1. The number of halogens is 1. The zero-order valence-electron chi connectivity index (χ0n) is 10.9. The Morgan fingerprint density at radius 3 is 2.95 bits per heavy atom. The van der Waals surface area contributed by atoms with E-state index in [1.54, 1.807) is 12.3 Å². The summed E-state index contributed by atoms with van der Waals surface area (Å²) in [5.74, 6) is -0.242. The number of rotatable bonds is 3. The van der Waals surface area contributed by atoms with Gasteiger partial charge in [-0.1, -0.05) is 0 Å². The summed E-state index contributed by atoms with van der Waals surface area (Å²) in [6.07, 6.45) is 7.83. The fourth-order valence-corrected chi connectivity index (χ4v) is 4.11. The highest BCUT2D eigenvalue weighted by molar-refractivity contribution is 7.12. The van der Waals surface area contributed by atoms with Crippen LogP contribution in [0.5, 0.6) is 0 Å². The molecule has 0 amide bonds. The van der Waals surface area contributed by atoms with E-state index in [9.17, 15) is 4.39 Å². The lowest BCUT2D eigenvalue weighted by Gasteiger charge is -2.15. The molecular weight excluding hydrogens is 259 g/mol. The third kappa shape index (κ3) is 2.42. The van der Waals surface area contributed by atoms with Gasteiger partial charge in [-0.05, 0) is 50.4 Å². The zero-order valence-corrected chi connectivity index (χ0v) is 11.8. The van der Waals surface area contributed by atoms with E-state index >= 15 is 0 Å². The topological polar surface area (TPSA) is 24.9 Å². The summed E-state index contributed by atoms with van der Waals surface area (Å²) < 4.78 is 13.9. The molecule has 1 unspecified atom stereocenters. The van der Waals surface area contributed by atoms with E-state index in [2.05, 4.69) is 16.4 Å². The van der Waals surface area contributed by atoms with E-state index in [0.717, 1.165) is 0 Å². The number of hydrogen-bond acceptors (Lipinski definition) is 3. The highest BCUT2D eigenvalue weighted by atomic mass is 32.1. The van der Waals surface area contributed by atoms with Gasteiger partial charge in [0.1, 0.15) is 5.82 Å². The van der Waals surface area contributed by atoms with Gasteiger partial charge in [-0.15, -0.1) is 11.3 Å². The van der Waals surface area contributed by atoms with Crippen molar-refractivity contribution in [3.8, 4) is 0 Å². The highest BCUT2D eigenvalue weighted by Crippen LogP contribution is 2.35. The molecule has 1 atom stereocenters. The predicted molar refractivity (Wildman–Crippen MR) is 76.1 cm³/mol. The molecule has 0 radical (unpaired) electrons. The third-order valence-electron chi connectivity index (χ3n) is 3.70. The summed E-state index contributed by atoms with van der Waals surface area (Å²) in [4.78, 5) is 6.51. The predicted octanol–water partition coefficient (Wildman–Crippen LogP) is 3.47. The molecule has 0 fully saturated rings. The number of aryl methyl sites for hydroxylation is 2.